The van der Waals surface area contributed by atoms with E-state index in [2.05, 4.69) is 4.98 Å². The first-order valence-corrected chi connectivity index (χ1v) is 9.34. The van der Waals surface area contributed by atoms with E-state index in [1.165, 1.54) is 34.6 Å². The number of thiophene rings is 1. The summed E-state index contributed by atoms with van der Waals surface area (Å²) in [5.41, 5.74) is 1.40. The second kappa shape index (κ2) is 7.58. The Kier molecular flexibility index (Phi) is 5.25. The SMILES string of the molecule is CN(C(=O)c1csc(Cc2ccccc2)n1)C(C(=O)O)c1cccs1. The molecule has 3 aromatic rings. The minimum atomic E-state index is -1.06. The maximum Gasteiger partial charge on any atom is 0.331 e. The monoisotopic (exact) mass is 372 g/mol. The number of nitrogens with zero attached hydrogens (tertiary/aromatic N) is 2. The predicted octanol–water partition coefficient (Wildman–Crippen LogP) is 3.69. The van der Waals surface area contributed by atoms with Gasteiger partial charge in [0, 0.05) is 23.7 Å². The molecule has 0 aliphatic carbocycles. The number of benzene rings is 1. The van der Waals surface area contributed by atoms with Gasteiger partial charge in [-0.1, -0.05) is 36.4 Å². The van der Waals surface area contributed by atoms with Gasteiger partial charge in [0.2, 0.25) is 0 Å². The van der Waals surface area contributed by atoms with Crippen molar-refractivity contribution in [3.8, 4) is 0 Å². The van der Waals surface area contributed by atoms with Crippen LogP contribution in [0.15, 0.2) is 53.2 Å². The lowest BCUT2D eigenvalue weighted by Gasteiger charge is -2.23. The van der Waals surface area contributed by atoms with E-state index in [1.54, 1.807) is 22.9 Å². The lowest BCUT2D eigenvalue weighted by molar-refractivity contribution is -0.142. The van der Waals surface area contributed by atoms with Gasteiger partial charge in [0.15, 0.2) is 6.04 Å². The summed E-state index contributed by atoms with van der Waals surface area (Å²) in [6.07, 6.45) is 0.649. The van der Waals surface area contributed by atoms with E-state index in [0.717, 1.165) is 10.6 Å². The minimum absolute atomic E-state index is 0.279. The lowest BCUT2D eigenvalue weighted by Crippen LogP contribution is -2.35. The van der Waals surface area contributed by atoms with Crippen molar-refractivity contribution in [2.24, 2.45) is 0 Å². The molecule has 1 amide bonds. The van der Waals surface area contributed by atoms with Gasteiger partial charge in [0.25, 0.3) is 5.91 Å². The van der Waals surface area contributed by atoms with Crippen LogP contribution in [0.3, 0.4) is 0 Å². The van der Waals surface area contributed by atoms with Crippen LogP contribution in [-0.4, -0.2) is 33.9 Å². The normalized spacial score (nSPS) is 11.9. The Morgan fingerprint density at radius 2 is 1.92 bits per heavy atom. The van der Waals surface area contributed by atoms with Crippen LogP contribution in [0.5, 0.6) is 0 Å². The maximum atomic E-state index is 12.7. The van der Waals surface area contributed by atoms with Gasteiger partial charge in [-0.15, -0.1) is 22.7 Å². The highest BCUT2D eigenvalue weighted by Crippen LogP contribution is 2.26. The van der Waals surface area contributed by atoms with E-state index >= 15 is 0 Å². The van der Waals surface area contributed by atoms with Crippen LogP contribution in [0.4, 0.5) is 0 Å². The molecule has 1 aromatic carbocycles. The Labute approximate surface area is 153 Å². The number of amides is 1. The highest BCUT2D eigenvalue weighted by molar-refractivity contribution is 7.10. The third-order valence-corrected chi connectivity index (χ3v) is 5.50. The van der Waals surface area contributed by atoms with Crippen molar-refractivity contribution in [3.63, 3.8) is 0 Å². The second-order valence-corrected chi connectivity index (χ2v) is 7.38. The molecule has 0 radical (unpaired) electrons. The first kappa shape index (κ1) is 17.3. The lowest BCUT2D eigenvalue weighted by atomic mass is 10.2. The largest absolute Gasteiger partial charge is 0.479 e. The van der Waals surface area contributed by atoms with E-state index in [0.29, 0.717) is 11.3 Å². The smallest absolute Gasteiger partial charge is 0.331 e. The fourth-order valence-corrected chi connectivity index (χ4v) is 4.15. The summed E-state index contributed by atoms with van der Waals surface area (Å²) < 4.78 is 0. The van der Waals surface area contributed by atoms with Crippen molar-refractivity contribution in [2.45, 2.75) is 12.5 Å². The second-order valence-electron chi connectivity index (χ2n) is 5.46. The molecule has 2 heterocycles. The van der Waals surface area contributed by atoms with Gasteiger partial charge < -0.3 is 10.0 Å². The minimum Gasteiger partial charge on any atom is -0.479 e. The highest BCUT2D eigenvalue weighted by atomic mass is 32.1. The van der Waals surface area contributed by atoms with Crippen LogP contribution in [0.2, 0.25) is 0 Å². The standard InChI is InChI=1S/C18H16N2O3S2/c1-20(16(18(22)23)14-8-5-9-24-14)17(21)13-11-25-15(19-13)10-12-6-3-2-4-7-12/h2-9,11,16H,10H2,1H3,(H,22,23). The Bertz CT molecular complexity index is 860. The molecule has 0 fully saturated rings. The molecule has 2 aromatic heterocycles. The van der Waals surface area contributed by atoms with E-state index in [-0.39, 0.29) is 5.69 Å². The predicted molar refractivity (Wildman–Crippen MR) is 98.2 cm³/mol. The first-order chi connectivity index (χ1) is 12.1. The fourth-order valence-electron chi connectivity index (χ4n) is 2.48. The summed E-state index contributed by atoms with van der Waals surface area (Å²) in [6, 6.07) is 12.4. The zero-order valence-corrected chi connectivity index (χ0v) is 15.1. The number of carbonyl (C=O) groups is 2. The molecular weight excluding hydrogens is 356 g/mol. The molecule has 0 spiro atoms. The van der Waals surface area contributed by atoms with Crippen molar-refractivity contribution in [3.05, 3.63) is 74.4 Å². The molecule has 1 atom stereocenters. The zero-order valence-electron chi connectivity index (χ0n) is 13.5. The number of carbonyl (C=O) groups excluding carboxylic acids is 1. The summed E-state index contributed by atoms with van der Waals surface area (Å²) in [5, 5.41) is 13.8. The van der Waals surface area contributed by atoms with Crippen molar-refractivity contribution in [1.82, 2.24) is 9.88 Å². The Balaban J connectivity index is 1.77. The van der Waals surface area contributed by atoms with E-state index in [4.69, 9.17) is 0 Å². The van der Waals surface area contributed by atoms with Gasteiger partial charge >= 0.3 is 5.97 Å². The van der Waals surface area contributed by atoms with Gasteiger partial charge in [-0.3, -0.25) is 4.79 Å². The van der Waals surface area contributed by atoms with Gasteiger partial charge in [0.1, 0.15) is 5.69 Å². The average molecular weight is 372 g/mol. The number of thiazole rings is 1. The summed E-state index contributed by atoms with van der Waals surface area (Å²) in [7, 11) is 1.50. The highest BCUT2D eigenvalue weighted by Gasteiger charge is 2.30. The maximum absolute atomic E-state index is 12.7. The van der Waals surface area contributed by atoms with Crippen molar-refractivity contribution in [1.29, 1.82) is 0 Å². The molecular formula is C18H16N2O3S2. The van der Waals surface area contributed by atoms with Crippen LogP contribution in [0, 0.1) is 0 Å². The van der Waals surface area contributed by atoms with Gasteiger partial charge in [0.05, 0.1) is 5.01 Å². The van der Waals surface area contributed by atoms with Crippen molar-refractivity contribution >= 4 is 34.6 Å². The molecule has 7 heteroatoms. The van der Waals surface area contributed by atoms with Gasteiger partial charge in [-0.2, -0.15) is 0 Å². The number of rotatable bonds is 6. The number of carboxylic acids is 1. The number of hydrogen-bond donors (Lipinski definition) is 1. The topological polar surface area (TPSA) is 70.5 Å². The number of aliphatic carboxylic acids is 1. The third-order valence-electron chi connectivity index (χ3n) is 3.72. The molecule has 0 saturated heterocycles. The first-order valence-electron chi connectivity index (χ1n) is 7.58. The molecule has 128 valence electrons. The van der Waals surface area contributed by atoms with Crippen molar-refractivity contribution < 1.29 is 14.7 Å². The molecule has 0 bridgehead atoms. The Morgan fingerprint density at radius 3 is 2.56 bits per heavy atom. The third kappa shape index (κ3) is 3.94. The Morgan fingerprint density at radius 1 is 1.16 bits per heavy atom. The number of carboxylic acid groups (broad SMARTS) is 1. The summed E-state index contributed by atoms with van der Waals surface area (Å²) in [5.74, 6) is -1.45. The Hall–Kier alpha value is -2.51. The van der Waals surface area contributed by atoms with E-state index < -0.39 is 17.9 Å². The number of aromatic nitrogens is 1. The molecule has 5 nitrogen and oxygen atoms in total. The molecule has 0 saturated carbocycles. The van der Waals surface area contributed by atoms with Crippen LogP contribution in [0.25, 0.3) is 0 Å². The molecule has 25 heavy (non-hydrogen) atoms. The van der Waals surface area contributed by atoms with Crippen LogP contribution in [-0.2, 0) is 11.2 Å². The molecule has 0 aliphatic heterocycles. The van der Waals surface area contributed by atoms with Crippen LogP contribution in [0.1, 0.15) is 32.0 Å². The average Bonchev–Trinajstić information content (AvgIpc) is 3.27. The number of hydrogen-bond acceptors (Lipinski definition) is 5. The van der Waals surface area contributed by atoms with Crippen LogP contribution >= 0.6 is 22.7 Å². The van der Waals surface area contributed by atoms with Gasteiger partial charge in [-0.05, 0) is 17.0 Å². The molecule has 1 N–H and O–H groups in total. The van der Waals surface area contributed by atoms with E-state index in [1.807, 2.05) is 30.3 Å². The molecule has 1 unspecified atom stereocenters. The van der Waals surface area contributed by atoms with Crippen molar-refractivity contribution in [2.75, 3.05) is 7.05 Å². The van der Waals surface area contributed by atoms with Gasteiger partial charge in [-0.25, -0.2) is 9.78 Å². The zero-order chi connectivity index (χ0) is 17.8. The van der Waals surface area contributed by atoms with Crippen LogP contribution < -0.4 is 0 Å². The number of likely N-dealkylation sites (N-methyl/N-ethyl adjacent to an activating group) is 1. The molecule has 3 rings (SSSR count). The summed E-state index contributed by atoms with van der Waals surface area (Å²) >= 11 is 2.72. The summed E-state index contributed by atoms with van der Waals surface area (Å²) in [6.45, 7) is 0. The fraction of sp³-hybridized carbons (Fsp3) is 0.167. The summed E-state index contributed by atoms with van der Waals surface area (Å²) in [4.78, 5) is 30.5. The quantitative estimate of drug-likeness (QED) is 0.716. The van der Waals surface area contributed by atoms with E-state index in [9.17, 15) is 14.7 Å². The molecule has 0 aliphatic rings.